The Morgan fingerprint density at radius 3 is 1.41 bits per heavy atom. The molecule has 0 saturated carbocycles. The Morgan fingerprint density at radius 2 is 0.820 bits per heavy atom. The van der Waals surface area contributed by atoms with Crippen molar-refractivity contribution in [1.82, 2.24) is 0 Å². The fourth-order valence-corrected chi connectivity index (χ4v) is 11.1. The third-order valence-electron chi connectivity index (χ3n) is 13.8. The molecule has 11 aromatic rings. The summed E-state index contributed by atoms with van der Waals surface area (Å²) in [5.74, 6) is 0. The fraction of sp³-hybridized carbons (Fsp3) is 0.0690. The van der Waals surface area contributed by atoms with Gasteiger partial charge in [0.05, 0.1) is 16.8 Å². The lowest BCUT2D eigenvalue weighted by Crippen LogP contribution is -2.40. The van der Waals surface area contributed by atoms with Gasteiger partial charge >= 0.3 is 0 Å². The third kappa shape index (κ3) is 4.58. The first kappa shape index (κ1) is 34.3. The number of anilines is 3. The maximum atomic E-state index is 6.69. The van der Waals surface area contributed by atoms with E-state index < -0.39 is 5.41 Å². The number of furan rings is 2. The van der Waals surface area contributed by atoms with Crippen LogP contribution in [0.2, 0.25) is 0 Å². The molecule has 0 amide bonds. The van der Waals surface area contributed by atoms with Crippen molar-refractivity contribution < 1.29 is 8.83 Å². The van der Waals surface area contributed by atoms with Crippen LogP contribution in [0.5, 0.6) is 0 Å². The summed E-state index contributed by atoms with van der Waals surface area (Å²) >= 11 is 0. The monoisotopic (exact) mass is 781 g/mol. The highest BCUT2D eigenvalue weighted by Crippen LogP contribution is 2.62. The molecule has 0 saturated heterocycles. The molecule has 2 aromatic heterocycles. The third-order valence-corrected chi connectivity index (χ3v) is 13.8. The Balaban J connectivity index is 1.01. The normalized spacial score (nSPS) is 14.3. The highest BCUT2D eigenvalue weighted by atomic mass is 16.3. The van der Waals surface area contributed by atoms with Gasteiger partial charge in [0.1, 0.15) is 11.2 Å². The van der Waals surface area contributed by atoms with Crippen LogP contribution in [-0.4, -0.2) is 0 Å². The zero-order chi connectivity index (χ0) is 40.5. The number of rotatable bonds is 4. The van der Waals surface area contributed by atoms with Crippen LogP contribution in [0.15, 0.2) is 209 Å². The Kier molecular flexibility index (Phi) is 6.99. The second-order valence-electron chi connectivity index (χ2n) is 17.2. The first-order valence-electron chi connectivity index (χ1n) is 21.2. The van der Waals surface area contributed by atoms with E-state index in [9.17, 15) is 0 Å². The second-order valence-corrected chi connectivity index (χ2v) is 17.2. The first-order chi connectivity index (χ1) is 30.0. The Morgan fingerprint density at radius 1 is 0.361 bits per heavy atom. The lowest BCUT2D eigenvalue weighted by Gasteiger charge is -2.46. The zero-order valence-corrected chi connectivity index (χ0v) is 33.8. The van der Waals surface area contributed by atoms with Gasteiger partial charge in [-0.25, -0.2) is 0 Å². The quantitative estimate of drug-likeness (QED) is 0.178. The molecule has 3 nitrogen and oxygen atoms in total. The number of hydrogen-bond donors (Lipinski definition) is 0. The molecule has 0 radical (unpaired) electrons. The van der Waals surface area contributed by atoms with Crippen LogP contribution in [0.1, 0.15) is 47.2 Å². The molecule has 13 rings (SSSR count). The van der Waals surface area contributed by atoms with Crippen molar-refractivity contribution in [3.63, 3.8) is 0 Å². The molecule has 0 fully saturated rings. The molecular formula is C58H39NO2. The van der Waals surface area contributed by atoms with Gasteiger partial charge in [0, 0.05) is 32.6 Å². The summed E-state index contributed by atoms with van der Waals surface area (Å²) in [4.78, 5) is 2.30. The van der Waals surface area contributed by atoms with Gasteiger partial charge in [0.15, 0.2) is 11.2 Å². The molecule has 0 bridgehead atoms. The number of hydrogen-bond acceptors (Lipinski definition) is 3. The minimum absolute atomic E-state index is 0.144. The van der Waals surface area contributed by atoms with Crippen LogP contribution in [0.4, 0.5) is 17.1 Å². The van der Waals surface area contributed by atoms with Crippen LogP contribution >= 0.6 is 0 Å². The smallest absolute Gasteiger partial charge is 0.159 e. The van der Waals surface area contributed by atoms with E-state index in [2.05, 4.69) is 195 Å². The maximum absolute atomic E-state index is 6.69. The van der Waals surface area contributed by atoms with Gasteiger partial charge in [0.25, 0.3) is 0 Å². The molecule has 1 spiro atoms. The van der Waals surface area contributed by atoms with E-state index in [1.54, 1.807) is 0 Å². The van der Waals surface area contributed by atoms with E-state index in [0.29, 0.717) is 0 Å². The first-order valence-corrected chi connectivity index (χ1v) is 21.2. The van der Waals surface area contributed by atoms with Crippen molar-refractivity contribution in [2.75, 3.05) is 4.90 Å². The van der Waals surface area contributed by atoms with Crippen LogP contribution in [0.25, 0.3) is 66.1 Å². The van der Waals surface area contributed by atoms with E-state index in [4.69, 9.17) is 8.83 Å². The van der Waals surface area contributed by atoms with Crippen molar-refractivity contribution in [3.05, 3.63) is 234 Å². The SMILES string of the molecule is CC1(C)c2ccccc2C2(c3ccccc3-c3ccc(-c4ccc(N(c5cccc6c5oc5ccccc56)c5cccc6c5oc5ccccc56)cc4)cc32)c2ccccc21. The molecule has 9 aromatic carbocycles. The van der Waals surface area contributed by atoms with Crippen molar-refractivity contribution >= 4 is 60.9 Å². The van der Waals surface area contributed by atoms with Crippen molar-refractivity contribution in [2.45, 2.75) is 24.7 Å². The summed E-state index contributed by atoms with van der Waals surface area (Å²) in [6, 6.07) is 72.9. The van der Waals surface area contributed by atoms with Gasteiger partial charge in [-0.05, 0) is 98.1 Å². The van der Waals surface area contributed by atoms with Gasteiger partial charge in [0.2, 0.25) is 0 Å². The largest absolute Gasteiger partial charge is 0.454 e. The number of benzene rings is 9. The average molecular weight is 782 g/mol. The second kappa shape index (κ2) is 12.5. The predicted molar refractivity (Wildman–Crippen MR) is 251 cm³/mol. The Hall–Kier alpha value is -7.62. The lowest BCUT2D eigenvalue weighted by atomic mass is 9.55. The van der Waals surface area contributed by atoms with E-state index in [1.165, 1.54) is 50.1 Å². The van der Waals surface area contributed by atoms with E-state index in [0.717, 1.165) is 66.5 Å². The summed E-state index contributed by atoms with van der Waals surface area (Å²) in [5, 5.41) is 4.35. The lowest BCUT2D eigenvalue weighted by molar-refractivity contribution is 0.563. The van der Waals surface area contributed by atoms with E-state index >= 15 is 0 Å². The number of fused-ring (bicyclic) bond motifs is 15. The fourth-order valence-electron chi connectivity index (χ4n) is 11.1. The molecule has 2 aliphatic carbocycles. The van der Waals surface area contributed by atoms with Gasteiger partial charge in [-0.15, -0.1) is 0 Å². The molecule has 61 heavy (non-hydrogen) atoms. The maximum Gasteiger partial charge on any atom is 0.159 e. The van der Waals surface area contributed by atoms with Crippen molar-refractivity contribution in [2.24, 2.45) is 0 Å². The van der Waals surface area contributed by atoms with E-state index in [-0.39, 0.29) is 5.41 Å². The summed E-state index contributed by atoms with van der Waals surface area (Å²) < 4.78 is 13.4. The predicted octanol–water partition coefficient (Wildman–Crippen LogP) is 15.6. The Labute approximate surface area is 353 Å². The molecular weight excluding hydrogens is 743 g/mol. The topological polar surface area (TPSA) is 29.5 Å². The molecule has 2 heterocycles. The van der Waals surface area contributed by atoms with Crippen LogP contribution in [0.3, 0.4) is 0 Å². The van der Waals surface area contributed by atoms with Crippen LogP contribution in [-0.2, 0) is 10.8 Å². The van der Waals surface area contributed by atoms with Crippen molar-refractivity contribution in [3.8, 4) is 22.3 Å². The average Bonchev–Trinajstić information content (AvgIpc) is 3.98. The molecule has 0 atom stereocenters. The van der Waals surface area contributed by atoms with Gasteiger partial charge in [-0.3, -0.25) is 0 Å². The summed E-state index contributed by atoms with van der Waals surface area (Å²) in [6.45, 7) is 4.76. The highest BCUT2D eigenvalue weighted by Gasteiger charge is 2.53. The number of para-hydroxylation sites is 4. The summed E-state index contributed by atoms with van der Waals surface area (Å²) in [5.41, 5.74) is 18.8. The van der Waals surface area contributed by atoms with Gasteiger partial charge in [-0.2, -0.15) is 0 Å². The zero-order valence-electron chi connectivity index (χ0n) is 33.8. The summed E-state index contributed by atoms with van der Waals surface area (Å²) in [6.07, 6.45) is 0. The minimum atomic E-state index is -0.447. The van der Waals surface area contributed by atoms with E-state index in [1.807, 2.05) is 24.3 Å². The molecule has 2 aliphatic rings. The standard InChI is InChI=1S/C58H39NO2/c1-57(2)46-21-7-9-23-48(46)58(49-24-10-8-22-47(49)57)45-20-6-3-15-39(45)40-34-31-37(35-50(40)58)36-29-32-38(33-30-36)59(51-25-13-18-43-41-16-4-11-27-53(41)60-55(43)51)52-26-14-19-44-42-17-5-12-28-54(42)61-56(44)52/h3-35H,1-2H3. The Bertz CT molecular complexity index is 3420. The molecule has 288 valence electrons. The summed E-state index contributed by atoms with van der Waals surface area (Å²) in [7, 11) is 0. The number of nitrogens with zero attached hydrogens (tertiary/aromatic N) is 1. The van der Waals surface area contributed by atoms with Crippen molar-refractivity contribution in [1.29, 1.82) is 0 Å². The minimum Gasteiger partial charge on any atom is -0.454 e. The van der Waals surface area contributed by atoms with Crippen LogP contribution in [0, 0.1) is 0 Å². The van der Waals surface area contributed by atoms with Gasteiger partial charge < -0.3 is 13.7 Å². The molecule has 3 heteroatoms. The highest BCUT2D eigenvalue weighted by molar-refractivity contribution is 6.14. The molecule has 0 unspecified atom stereocenters. The van der Waals surface area contributed by atoms with Crippen LogP contribution < -0.4 is 4.90 Å². The van der Waals surface area contributed by atoms with Gasteiger partial charge in [-0.1, -0.05) is 172 Å². The molecule has 0 N–H and O–H groups in total. The molecule has 0 aliphatic heterocycles.